The fourth-order valence-electron chi connectivity index (χ4n) is 1.34. The van der Waals surface area contributed by atoms with E-state index >= 15 is 0 Å². The topological polar surface area (TPSA) is 32.3 Å². The Morgan fingerprint density at radius 1 is 1.46 bits per heavy atom. The van der Waals surface area contributed by atoms with Crippen LogP contribution in [0.5, 0.6) is 0 Å². The molecule has 0 heterocycles. The molecule has 0 fully saturated rings. The van der Waals surface area contributed by atoms with Crippen LogP contribution in [0.15, 0.2) is 24.3 Å². The number of hydrogen-bond donors (Lipinski definition) is 2. The van der Waals surface area contributed by atoms with Crippen LogP contribution in [0, 0.1) is 6.92 Å². The van der Waals surface area contributed by atoms with Crippen molar-refractivity contribution >= 4 is 0 Å². The zero-order chi connectivity index (χ0) is 9.68. The summed E-state index contributed by atoms with van der Waals surface area (Å²) in [6, 6.07) is 8.72. The van der Waals surface area contributed by atoms with Gasteiger partial charge in [-0.3, -0.25) is 0 Å². The third-order valence-electron chi connectivity index (χ3n) is 2.10. The summed E-state index contributed by atoms with van der Waals surface area (Å²) in [5.41, 5.74) is 2.54. The van der Waals surface area contributed by atoms with E-state index in [-0.39, 0.29) is 6.61 Å². The van der Waals surface area contributed by atoms with Crippen LogP contribution in [0.1, 0.15) is 24.1 Å². The van der Waals surface area contributed by atoms with Crippen molar-refractivity contribution in [1.82, 2.24) is 5.32 Å². The molecule has 2 heteroatoms. The lowest BCUT2D eigenvalue weighted by Crippen LogP contribution is -2.22. The summed E-state index contributed by atoms with van der Waals surface area (Å²) >= 11 is 0. The maximum atomic E-state index is 8.65. The van der Waals surface area contributed by atoms with Crippen molar-refractivity contribution in [2.45, 2.75) is 19.9 Å². The molecule has 0 amide bonds. The van der Waals surface area contributed by atoms with E-state index in [1.54, 1.807) is 0 Å². The van der Waals surface area contributed by atoms with Crippen molar-refractivity contribution in [3.63, 3.8) is 0 Å². The van der Waals surface area contributed by atoms with E-state index in [2.05, 4.69) is 43.4 Å². The average Bonchev–Trinajstić information content (AvgIpc) is 2.14. The SMILES string of the molecule is Cc1cccc([C@@H](C)NCCO)c1. The van der Waals surface area contributed by atoms with Crippen molar-refractivity contribution < 1.29 is 5.11 Å². The summed E-state index contributed by atoms with van der Waals surface area (Å²) in [6.45, 7) is 5.03. The molecule has 1 atom stereocenters. The minimum absolute atomic E-state index is 0.191. The predicted molar refractivity (Wildman–Crippen MR) is 54.7 cm³/mol. The molecular weight excluding hydrogens is 162 g/mol. The molecule has 72 valence electrons. The molecule has 0 bridgehead atoms. The van der Waals surface area contributed by atoms with Crippen LogP contribution in [-0.4, -0.2) is 18.3 Å². The molecule has 13 heavy (non-hydrogen) atoms. The molecule has 1 rings (SSSR count). The van der Waals surface area contributed by atoms with Gasteiger partial charge in [0.1, 0.15) is 0 Å². The lowest BCUT2D eigenvalue weighted by Gasteiger charge is -2.13. The first kappa shape index (κ1) is 10.2. The van der Waals surface area contributed by atoms with Crippen molar-refractivity contribution in [1.29, 1.82) is 0 Å². The second kappa shape index (κ2) is 5.00. The smallest absolute Gasteiger partial charge is 0.0556 e. The molecule has 0 saturated carbocycles. The molecule has 0 saturated heterocycles. The van der Waals surface area contributed by atoms with Crippen LogP contribution < -0.4 is 5.32 Å². The van der Waals surface area contributed by atoms with E-state index in [4.69, 9.17) is 5.11 Å². The molecule has 0 unspecified atom stereocenters. The molecule has 1 aromatic rings. The Balaban J connectivity index is 2.60. The second-order valence-corrected chi connectivity index (χ2v) is 3.31. The summed E-state index contributed by atoms with van der Waals surface area (Å²) in [6.07, 6.45) is 0. The number of aliphatic hydroxyl groups is 1. The van der Waals surface area contributed by atoms with Crippen LogP contribution in [0.25, 0.3) is 0 Å². The monoisotopic (exact) mass is 179 g/mol. The Morgan fingerprint density at radius 3 is 2.85 bits per heavy atom. The van der Waals surface area contributed by atoms with Crippen LogP contribution in [-0.2, 0) is 0 Å². The van der Waals surface area contributed by atoms with Crippen molar-refractivity contribution in [2.24, 2.45) is 0 Å². The molecule has 1 aromatic carbocycles. The van der Waals surface area contributed by atoms with E-state index in [9.17, 15) is 0 Å². The first-order valence-corrected chi connectivity index (χ1v) is 4.65. The van der Waals surface area contributed by atoms with E-state index in [1.807, 2.05) is 0 Å². The van der Waals surface area contributed by atoms with Gasteiger partial charge >= 0.3 is 0 Å². The first-order chi connectivity index (χ1) is 6.24. The van der Waals surface area contributed by atoms with Gasteiger partial charge in [0, 0.05) is 12.6 Å². The van der Waals surface area contributed by atoms with Gasteiger partial charge in [-0.15, -0.1) is 0 Å². The number of benzene rings is 1. The van der Waals surface area contributed by atoms with Crippen molar-refractivity contribution in [3.05, 3.63) is 35.4 Å². The standard InChI is InChI=1S/C11H17NO/c1-9-4-3-5-11(8-9)10(2)12-6-7-13/h3-5,8,10,12-13H,6-7H2,1-2H3/t10-/m1/s1. The molecule has 0 radical (unpaired) electrons. The average molecular weight is 179 g/mol. The highest BCUT2D eigenvalue weighted by Gasteiger charge is 2.02. The van der Waals surface area contributed by atoms with Crippen LogP contribution in [0.2, 0.25) is 0 Å². The third-order valence-corrected chi connectivity index (χ3v) is 2.10. The lowest BCUT2D eigenvalue weighted by atomic mass is 10.1. The Hall–Kier alpha value is -0.860. The highest BCUT2D eigenvalue weighted by molar-refractivity contribution is 5.24. The quantitative estimate of drug-likeness (QED) is 0.736. The summed E-state index contributed by atoms with van der Waals surface area (Å²) in [4.78, 5) is 0. The second-order valence-electron chi connectivity index (χ2n) is 3.31. The largest absolute Gasteiger partial charge is 0.395 e. The number of aryl methyl sites for hydroxylation is 1. The van der Waals surface area contributed by atoms with Crippen molar-refractivity contribution in [2.75, 3.05) is 13.2 Å². The maximum Gasteiger partial charge on any atom is 0.0556 e. The third kappa shape index (κ3) is 3.17. The highest BCUT2D eigenvalue weighted by atomic mass is 16.3. The predicted octanol–water partition coefficient (Wildman–Crippen LogP) is 1.64. The van der Waals surface area contributed by atoms with Gasteiger partial charge < -0.3 is 10.4 Å². The molecule has 0 aliphatic rings. The number of aliphatic hydroxyl groups excluding tert-OH is 1. The Morgan fingerprint density at radius 2 is 2.23 bits per heavy atom. The van der Waals surface area contributed by atoms with E-state index < -0.39 is 0 Å². The molecular formula is C11H17NO. The van der Waals surface area contributed by atoms with Gasteiger partial charge in [0.15, 0.2) is 0 Å². The maximum absolute atomic E-state index is 8.65. The van der Waals surface area contributed by atoms with Gasteiger partial charge in [0.25, 0.3) is 0 Å². The Labute approximate surface area is 79.6 Å². The summed E-state index contributed by atoms with van der Waals surface area (Å²) in [7, 11) is 0. The first-order valence-electron chi connectivity index (χ1n) is 4.65. The normalized spacial score (nSPS) is 12.8. The highest BCUT2D eigenvalue weighted by Crippen LogP contribution is 2.12. The van der Waals surface area contributed by atoms with Gasteiger partial charge in [-0.05, 0) is 19.4 Å². The number of rotatable bonds is 4. The van der Waals surface area contributed by atoms with Gasteiger partial charge in [-0.1, -0.05) is 29.8 Å². The fraction of sp³-hybridized carbons (Fsp3) is 0.455. The molecule has 2 N–H and O–H groups in total. The number of nitrogens with one attached hydrogen (secondary N) is 1. The lowest BCUT2D eigenvalue weighted by molar-refractivity contribution is 0.286. The fourth-order valence-corrected chi connectivity index (χ4v) is 1.34. The van der Waals surface area contributed by atoms with E-state index in [0.29, 0.717) is 12.6 Å². The molecule has 0 aliphatic carbocycles. The summed E-state index contributed by atoms with van der Waals surface area (Å²) in [5, 5.41) is 11.9. The molecule has 2 nitrogen and oxygen atoms in total. The van der Waals surface area contributed by atoms with Crippen LogP contribution >= 0.6 is 0 Å². The van der Waals surface area contributed by atoms with E-state index in [0.717, 1.165) is 0 Å². The number of hydrogen-bond acceptors (Lipinski definition) is 2. The van der Waals surface area contributed by atoms with Crippen LogP contribution in [0.3, 0.4) is 0 Å². The zero-order valence-corrected chi connectivity index (χ0v) is 8.25. The zero-order valence-electron chi connectivity index (χ0n) is 8.25. The van der Waals surface area contributed by atoms with Gasteiger partial charge in [0.05, 0.1) is 6.61 Å². The summed E-state index contributed by atoms with van der Waals surface area (Å²) < 4.78 is 0. The van der Waals surface area contributed by atoms with Gasteiger partial charge in [-0.2, -0.15) is 0 Å². The van der Waals surface area contributed by atoms with Gasteiger partial charge in [-0.25, -0.2) is 0 Å². The van der Waals surface area contributed by atoms with Crippen LogP contribution in [0.4, 0.5) is 0 Å². The minimum Gasteiger partial charge on any atom is -0.395 e. The van der Waals surface area contributed by atoms with Crippen molar-refractivity contribution in [3.8, 4) is 0 Å². The molecule has 0 spiro atoms. The Kier molecular flexibility index (Phi) is 3.93. The summed E-state index contributed by atoms with van der Waals surface area (Å²) in [5.74, 6) is 0. The molecule has 0 aromatic heterocycles. The Bertz CT molecular complexity index is 260. The van der Waals surface area contributed by atoms with Gasteiger partial charge in [0.2, 0.25) is 0 Å². The molecule has 0 aliphatic heterocycles. The van der Waals surface area contributed by atoms with E-state index in [1.165, 1.54) is 11.1 Å². The minimum atomic E-state index is 0.191.